The molecule has 0 fully saturated rings. The second kappa shape index (κ2) is 7.30. The van der Waals surface area contributed by atoms with Crippen molar-refractivity contribution in [2.24, 2.45) is 0 Å². The molecule has 3 aromatic rings. The second-order valence-corrected chi connectivity index (χ2v) is 8.07. The molecule has 29 heavy (non-hydrogen) atoms. The van der Waals surface area contributed by atoms with Gasteiger partial charge in [0, 0.05) is 27.2 Å². The zero-order valence-electron chi connectivity index (χ0n) is 15.7. The lowest BCUT2D eigenvalue weighted by molar-refractivity contribution is 0.103. The number of carbonyl (C=O) groups is 1. The molecule has 0 amide bonds. The van der Waals surface area contributed by atoms with E-state index in [0.29, 0.717) is 6.61 Å². The number of anilines is 1. The number of para-hydroxylation sites is 2. The molecular weight excluding hydrogens is 378 g/mol. The fourth-order valence-corrected chi connectivity index (χ4v) is 5.20. The summed E-state index contributed by atoms with van der Waals surface area (Å²) in [5.74, 6) is 0.854. The van der Waals surface area contributed by atoms with Crippen molar-refractivity contribution in [3.63, 3.8) is 0 Å². The molecule has 0 saturated heterocycles. The van der Waals surface area contributed by atoms with Gasteiger partial charge in [0.2, 0.25) is 0 Å². The Hall–Kier alpha value is -3.24. The number of fused-ring (bicyclic) bond motifs is 3. The van der Waals surface area contributed by atoms with Crippen LogP contribution in [0.25, 0.3) is 5.70 Å². The van der Waals surface area contributed by atoms with Crippen LogP contribution >= 0.6 is 11.8 Å². The molecule has 1 unspecified atom stereocenters. The number of rotatable bonds is 4. The molecule has 0 bridgehead atoms. The van der Waals surface area contributed by atoms with Gasteiger partial charge in [-0.05, 0) is 18.2 Å². The molecule has 5 rings (SSSR count). The summed E-state index contributed by atoms with van der Waals surface area (Å²) in [5.41, 5.74) is 5.39. The van der Waals surface area contributed by atoms with Crippen LogP contribution in [0.5, 0.6) is 5.75 Å². The molecule has 4 heteroatoms. The summed E-state index contributed by atoms with van der Waals surface area (Å²) >= 11 is 1.68. The third-order valence-electron chi connectivity index (χ3n) is 5.17. The van der Waals surface area contributed by atoms with E-state index < -0.39 is 0 Å². The van der Waals surface area contributed by atoms with E-state index in [0.717, 1.165) is 44.3 Å². The number of thioether (sulfide) groups is 1. The van der Waals surface area contributed by atoms with Gasteiger partial charge in [-0.15, -0.1) is 11.8 Å². The molecule has 0 aromatic heterocycles. The Balaban J connectivity index is 1.72. The highest BCUT2D eigenvalue weighted by atomic mass is 32.2. The SMILES string of the molecule is C=CCOc1ccccc1C1Sc2ccccc2NC2=C1C(=O)c1ccccc12. The van der Waals surface area contributed by atoms with Crippen molar-refractivity contribution in [2.75, 3.05) is 11.9 Å². The normalized spacial score (nSPS) is 17.0. The van der Waals surface area contributed by atoms with Gasteiger partial charge >= 0.3 is 0 Å². The monoisotopic (exact) mass is 397 g/mol. The zero-order valence-corrected chi connectivity index (χ0v) is 16.5. The second-order valence-electron chi connectivity index (χ2n) is 6.92. The van der Waals surface area contributed by atoms with Gasteiger partial charge in [0.25, 0.3) is 0 Å². The van der Waals surface area contributed by atoms with Crippen LogP contribution in [0.3, 0.4) is 0 Å². The summed E-state index contributed by atoms with van der Waals surface area (Å²) in [6.07, 6.45) is 1.73. The van der Waals surface area contributed by atoms with E-state index in [2.05, 4.69) is 24.0 Å². The fourth-order valence-electron chi connectivity index (χ4n) is 3.88. The van der Waals surface area contributed by atoms with E-state index >= 15 is 0 Å². The predicted molar refractivity (Wildman–Crippen MR) is 118 cm³/mol. The molecule has 2 aliphatic rings. The lowest BCUT2D eigenvalue weighted by Gasteiger charge is -2.20. The Morgan fingerprint density at radius 1 is 0.966 bits per heavy atom. The van der Waals surface area contributed by atoms with Crippen molar-refractivity contribution in [3.8, 4) is 5.75 Å². The van der Waals surface area contributed by atoms with Gasteiger partial charge in [0.05, 0.1) is 16.6 Å². The van der Waals surface area contributed by atoms with Crippen molar-refractivity contribution >= 4 is 28.9 Å². The van der Waals surface area contributed by atoms with E-state index in [1.165, 1.54) is 0 Å². The van der Waals surface area contributed by atoms with Crippen LogP contribution < -0.4 is 10.1 Å². The number of nitrogens with one attached hydrogen (secondary N) is 1. The van der Waals surface area contributed by atoms with Gasteiger partial charge in [-0.2, -0.15) is 0 Å². The van der Waals surface area contributed by atoms with Crippen molar-refractivity contribution in [1.82, 2.24) is 0 Å². The number of hydrogen-bond donors (Lipinski definition) is 1. The van der Waals surface area contributed by atoms with Crippen LogP contribution in [0.2, 0.25) is 0 Å². The van der Waals surface area contributed by atoms with Crippen molar-refractivity contribution in [1.29, 1.82) is 0 Å². The number of ketones is 1. The quantitative estimate of drug-likeness (QED) is 0.539. The molecular formula is C25H19NO2S. The largest absolute Gasteiger partial charge is 0.489 e. The molecule has 1 aliphatic carbocycles. The summed E-state index contributed by atoms with van der Waals surface area (Å²) in [6.45, 7) is 4.17. The first-order valence-electron chi connectivity index (χ1n) is 9.51. The summed E-state index contributed by atoms with van der Waals surface area (Å²) in [6, 6.07) is 23.9. The van der Waals surface area contributed by atoms with Gasteiger partial charge < -0.3 is 10.1 Å². The fraction of sp³-hybridized carbons (Fsp3) is 0.0800. The lowest BCUT2D eigenvalue weighted by Crippen LogP contribution is -2.09. The first-order valence-corrected chi connectivity index (χ1v) is 10.4. The first kappa shape index (κ1) is 17.8. The maximum absolute atomic E-state index is 13.5. The van der Waals surface area contributed by atoms with Gasteiger partial charge in [0.15, 0.2) is 5.78 Å². The number of hydrogen-bond acceptors (Lipinski definition) is 4. The van der Waals surface area contributed by atoms with Crippen LogP contribution in [0.1, 0.15) is 26.7 Å². The maximum Gasteiger partial charge on any atom is 0.193 e. The number of Topliss-reactive ketones (excluding diaryl/α,β-unsaturated/α-hetero) is 1. The van der Waals surface area contributed by atoms with Crippen LogP contribution in [0.15, 0.2) is 95.9 Å². The smallest absolute Gasteiger partial charge is 0.193 e. The minimum atomic E-state index is -0.179. The molecule has 1 N–H and O–H groups in total. The van der Waals surface area contributed by atoms with Gasteiger partial charge in [-0.1, -0.05) is 67.3 Å². The van der Waals surface area contributed by atoms with Crippen LogP contribution in [0.4, 0.5) is 5.69 Å². The van der Waals surface area contributed by atoms with Crippen LogP contribution in [-0.4, -0.2) is 12.4 Å². The Labute approximate surface area is 174 Å². The molecule has 0 radical (unpaired) electrons. The Morgan fingerprint density at radius 2 is 1.69 bits per heavy atom. The third-order valence-corrected chi connectivity index (χ3v) is 6.50. The van der Waals surface area contributed by atoms with Gasteiger partial charge in [-0.3, -0.25) is 4.79 Å². The van der Waals surface area contributed by atoms with Crippen LogP contribution in [0, 0.1) is 0 Å². The molecule has 1 aliphatic heterocycles. The Bertz CT molecular complexity index is 1160. The first-order chi connectivity index (χ1) is 14.3. The van der Waals surface area contributed by atoms with Gasteiger partial charge in [0.1, 0.15) is 12.4 Å². The minimum Gasteiger partial charge on any atom is -0.489 e. The van der Waals surface area contributed by atoms with Gasteiger partial charge in [-0.25, -0.2) is 0 Å². The summed E-state index contributed by atoms with van der Waals surface area (Å²) in [4.78, 5) is 14.6. The van der Waals surface area contributed by atoms with E-state index in [4.69, 9.17) is 4.74 Å². The molecule has 1 atom stereocenters. The highest BCUT2D eigenvalue weighted by molar-refractivity contribution is 8.00. The minimum absolute atomic E-state index is 0.0759. The molecule has 1 heterocycles. The average Bonchev–Trinajstić information content (AvgIpc) is 2.93. The van der Waals surface area contributed by atoms with E-state index in [-0.39, 0.29) is 11.0 Å². The van der Waals surface area contributed by atoms with Crippen molar-refractivity contribution in [2.45, 2.75) is 10.1 Å². The summed E-state index contributed by atoms with van der Waals surface area (Å²) < 4.78 is 5.94. The van der Waals surface area contributed by atoms with Crippen LogP contribution in [-0.2, 0) is 0 Å². The molecule has 0 saturated carbocycles. The van der Waals surface area contributed by atoms with Crippen molar-refractivity contribution < 1.29 is 9.53 Å². The predicted octanol–water partition coefficient (Wildman–Crippen LogP) is 6.12. The highest BCUT2D eigenvalue weighted by Gasteiger charge is 2.38. The molecule has 3 aromatic carbocycles. The maximum atomic E-state index is 13.5. The number of carbonyl (C=O) groups excluding carboxylic acids is 1. The molecule has 142 valence electrons. The summed E-state index contributed by atoms with van der Waals surface area (Å²) in [7, 11) is 0. The Kier molecular flexibility index (Phi) is 4.49. The zero-order chi connectivity index (χ0) is 19.8. The number of ether oxygens (including phenoxy) is 1. The standard InChI is InChI=1S/C25H19NO2S/c1-2-15-28-20-13-7-5-11-18(20)25-22-23(16-9-3-4-10-17(16)24(22)27)26-19-12-6-8-14-21(19)29-25/h2-14,25-26H,1,15H2. The topological polar surface area (TPSA) is 38.3 Å². The molecule has 0 spiro atoms. The van der Waals surface area contributed by atoms with Crippen molar-refractivity contribution in [3.05, 3.63) is 108 Å². The average molecular weight is 397 g/mol. The van der Waals surface area contributed by atoms with E-state index in [1.54, 1.807) is 17.8 Å². The lowest BCUT2D eigenvalue weighted by atomic mass is 10.00. The Morgan fingerprint density at radius 3 is 2.55 bits per heavy atom. The van der Waals surface area contributed by atoms with E-state index in [1.807, 2.05) is 60.7 Å². The molecule has 3 nitrogen and oxygen atoms in total. The van der Waals surface area contributed by atoms with E-state index in [9.17, 15) is 4.79 Å². The number of benzene rings is 3. The summed E-state index contributed by atoms with van der Waals surface area (Å²) in [5, 5.41) is 3.37. The highest BCUT2D eigenvalue weighted by Crippen LogP contribution is 2.53. The third kappa shape index (κ3) is 2.97.